The van der Waals surface area contributed by atoms with Gasteiger partial charge in [-0.15, -0.1) is 0 Å². The smallest absolute Gasteiger partial charge is 0.268 e. The second-order valence-electron chi connectivity index (χ2n) is 4.64. The number of ether oxygens (including phenoxy) is 1. The Bertz CT molecular complexity index is 792. The zero-order chi connectivity index (χ0) is 16.3. The summed E-state index contributed by atoms with van der Waals surface area (Å²) in [6.07, 6.45) is 0. The number of carbonyl (C=O) groups excluding carboxylic acids is 1. The zero-order valence-electron chi connectivity index (χ0n) is 12.5. The number of carbonyl (C=O) groups is 1. The monoisotopic (exact) mass is 323 g/mol. The van der Waals surface area contributed by atoms with Crippen molar-refractivity contribution in [2.45, 2.75) is 25.7 Å². The lowest BCUT2D eigenvalue weighted by Crippen LogP contribution is -2.31. The number of rotatable bonds is 5. The average Bonchev–Trinajstić information content (AvgIpc) is 2.78. The lowest BCUT2D eigenvalue weighted by molar-refractivity contribution is 0.0980. The van der Waals surface area contributed by atoms with Crippen LogP contribution in [0.25, 0.3) is 0 Å². The van der Waals surface area contributed by atoms with Crippen molar-refractivity contribution in [3.63, 3.8) is 0 Å². The molecule has 1 amide bonds. The number of benzene rings is 1. The lowest BCUT2D eigenvalue weighted by Gasteiger charge is -2.11. The number of aryl methyl sites for hydroxylation is 2. The van der Waals surface area contributed by atoms with Gasteiger partial charge in [0.1, 0.15) is 22.2 Å². The summed E-state index contributed by atoms with van der Waals surface area (Å²) in [7, 11) is -4.03. The van der Waals surface area contributed by atoms with Gasteiger partial charge in [-0.2, -0.15) is 0 Å². The summed E-state index contributed by atoms with van der Waals surface area (Å²) in [6, 6.07) is 7.64. The minimum Gasteiger partial charge on any atom is -0.492 e. The predicted molar refractivity (Wildman–Crippen MR) is 80.4 cm³/mol. The maximum Gasteiger partial charge on any atom is 0.268 e. The van der Waals surface area contributed by atoms with E-state index in [1.54, 1.807) is 32.9 Å². The van der Waals surface area contributed by atoms with Gasteiger partial charge in [-0.1, -0.05) is 12.1 Å². The first kappa shape index (κ1) is 16.1. The molecule has 118 valence electrons. The molecule has 0 aliphatic heterocycles. The van der Waals surface area contributed by atoms with Crippen molar-refractivity contribution in [2.75, 3.05) is 6.61 Å². The molecule has 0 unspecified atom stereocenters. The van der Waals surface area contributed by atoms with Crippen molar-refractivity contribution in [3.8, 4) is 5.75 Å². The summed E-state index contributed by atoms with van der Waals surface area (Å²) in [5, 5.41) is 0. The Morgan fingerprint density at radius 2 is 1.95 bits per heavy atom. The van der Waals surface area contributed by atoms with Crippen LogP contribution < -0.4 is 9.46 Å². The highest BCUT2D eigenvalue weighted by molar-refractivity contribution is 7.90. The second-order valence-corrected chi connectivity index (χ2v) is 6.29. The molecule has 1 aromatic carbocycles. The highest BCUT2D eigenvalue weighted by atomic mass is 32.2. The number of nitrogens with one attached hydrogen (secondary N) is 1. The molecule has 22 heavy (non-hydrogen) atoms. The molecule has 0 aliphatic carbocycles. The van der Waals surface area contributed by atoms with Gasteiger partial charge >= 0.3 is 0 Å². The normalized spacial score (nSPS) is 11.2. The van der Waals surface area contributed by atoms with E-state index < -0.39 is 15.9 Å². The van der Waals surface area contributed by atoms with E-state index in [0.717, 1.165) is 0 Å². The molecule has 1 N–H and O–H groups in total. The van der Waals surface area contributed by atoms with Crippen LogP contribution in [0.3, 0.4) is 0 Å². The molecule has 1 heterocycles. The summed E-state index contributed by atoms with van der Waals surface area (Å²) in [4.78, 5) is 12.1. The van der Waals surface area contributed by atoms with Crippen LogP contribution in [0.4, 0.5) is 0 Å². The molecule has 0 saturated carbocycles. The maximum absolute atomic E-state index is 12.4. The minimum atomic E-state index is -4.03. The van der Waals surface area contributed by atoms with E-state index in [1.807, 2.05) is 4.72 Å². The van der Waals surface area contributed by atoms with Crippen LogP contribution in [0.2, 0.25) is 0 Å². The highest BCUT2D eigenvalue weighted by Crippen LogP contribution is 2.23. The number of hydrogen-bond donors (Lipinski definition) is 1. The van der Waals surface area contributed by atoms with Crippen molar-refractivity contribution >= 4 is 15.9 Å². The van der Waals surface area contributed by atoms with E-state index in [4.69, 9.17) is 9.15 Å². The van der Waals surface area contributed by atoms with Crippen LogP contribution in [-0.2, 0) is 10.0 Å². The first-order valence-corrected chi connectivity index (χ1v) is 8.19. The van der Waals surface area contributed by atoms with Gasteiger partial charge < -0.3 is 9.15 Å². The molecular formula is C15H17NO5S. The highest BCUT2D eigenvalue weighted by Gasteiger charge is 2.24. The molecule has 0 spiro atoms. The molecule has 2 rings (SSSR count). The van der Waals surface area contributed by atoms with Gasteiger partial charge in [0, 0.05) is 0 Å². The fourth-order valence-corrected chi connectivity index (χ4v) is 3.15. The molecule has 0 aliphatic rings. The fraction of sp³-hybridized carbons (Fsp3) is 0.267. The first-order chi connectivity index (χ1) is 10.3. The third kappa shape index (κ3) is 3.30. The molecule has 6 nitrogen and oxygen atoms in total. The number of amides is 1. The fourth-order valence-electron chi connectivity index (χ4n) is 2.04. The molecule has 7 heteroatoms. The van der Waals surface area contributed by atoms with Gasteiger partial charge in [0.05, 0.1) is 12.2 Å². The van der Waals surface area contributed by atoms with Crippen LogP contribution in [0.15, 0.2) is 39.6 Å². The van der Waals surface area contributed by atoms with E-state index in [9.17, 15) is 13.2 Å². The van der Waals surface area contributed by atoms with Gasteiger partial charge in [0.15, 0.2) is 0 Å². The molecule has 0 bridgehead atoms. The molecular weight excluding hydrogens is 306 g/mol. The Labute approximate surface area is 129 Å². The van der Waals surface area contributed by atoms with Gasteiger partial charge in [0.25, 0.3) is 15.9 Å². The Morgan fingerprint density at radius 3 is 2.55 bits per heavy atom. The van der Waals surface area contributed by atoms with Crippen LogP contribution >= 0.6 is 0 Å². The Kier molecular flexibility index (Phi) is 4.56. The maximum atomic E-state index is 12.4. The molecule has 0 atom stereocenters. The predicted octanol–water partition coefficient (Wildman–Crippen LogP) is 2.41. The van der Waals surface area contributed by atoms with Crippen LogP contribution in [0, 0.1) is 13.8 Å². The quantitative estimate of drug-likeness (QED) is 0.913. The van der Waals surface area contributed by atoms with Crippen LogP contribution in [0.1, 0.15) is 28.8 Å². The van der Waals surface area contributed by atoms with Crippen molar-refractivity contribution in [1.29, 1.82) is 0 Å². The van der Waals surface area contributed by atoms with E-state index in [-0.39, 0.29) is 16.2 Å². The summed E-state index contributed by atoms with van der Waals surface area (Å²) < 4.78 is 37.3. The minimum absolute atomic E-state index is 0.0805. The van der Waals surface area contributed by atoms with Crippen molar-refractivity contribution in [1.82, 2.24) is 4.72 Å². The summed E-state index contributed by atoms with van der Waals surface area (Å²) in [5.74, 6) is 0.365. The molecule has 1 aromatic heterocycles. The topological polar surface area (TPSA) is 85.6 Å². The molecule has 2 aromatic rings. The van der Waals surface area contributed by atoms with Gasteiger partial charge in [-0.3, -0.25) is 4.79 Å². The molecule has 0 fully saturated rings. The summed E-state index contributed by atoms with van der Waals surface area (Å²) in [5.41, 5.74) is 0.190. The number of furan rings is 1. The Hall–Kier alpha value is -2.28. The number of sulfonamides is 1. The van der Waals surface area contributed by atoms with Gasteiger partial charge in [0.2, 0.25) is 0 Å². The van der Waals surface area contributed by atoms with E-state index >= 15 is 0 Å². The second kappa shape index (κ2) is 6.23. The Morgan fingerprint density at radius 1 is 1.27 bits per heavy atom. The van der Waals surface area contributed by atoms with E-state index in [1.165, 1.54) is 18.2 Å². The van der Waals surface area contributed by atoms with E-state index in [0.29, 0.717) is 18.1 Å². The third-order valence-electron chi connectivity index (χ3n) is 2.95. The standard InChI is InChI=1S/C15H17NO5S/c1-4-20-13-7-5-6-8-14(13)22(18,19)16-15(17)12-9-10(2)21-11(12)3/h5-9H,4H2,1-3H3,(H,16,17). The SMILES string of the molecule is CCOc1ccccc1S(=O)(=O)NC(=O)c1cc(C)oc1C. The van der Waals surface area contributed by atoms with Gasteiger partial charge in [-0.25, -0.2) is 13.1 Å². The average molecular weight is 323 g/mol. The van der Waals surface area contributed by atoms with Crippen molar-refractivity contribution < 1.29 is 22.4 Å². The van der Waals surface area contributed by atoms with E-state index in [2.05, 4.69) is 0 Å². The largest absolute Gasteiger partial charge is 0.492 e. The first-order valence-electron chi connectivity index (χ1n) is 6.71. The Balaban J connectivity index is 2.32. The summed E-state index contributed by atoms with van der Waals surface area (Å²) in [6.45, 7) is 5.35. The van der Waals surface area contributed by atoms with Gasteiger partial charge in [-0.05, 0) is 39.0 Å². The third-order valence-corrected chi connectivity index (χ3v) is 4.32. The van der Waals surface area contributed by atoms with Crippen molar-refractivity contribution in [3.05, 3.63) is 47.4 Å². The lowest BCUT2D eigenvalue weighted by atomic mass is 10.2. The van der Waals surface area contributed by atoms with Crippen molar-refractivity contribution in [2.24, 2.45) is 0 Å². The van der Waals surface area contributed by atoms with Crippen LogP contribution in [-0.4, -0.2) is 20.9 Å². The number of hydrogen-bond acceptors (Lipinski definition) is 5. The zero-order valence-corrected chi connectivity index (χ0v) is 13.4. The number of para-hydroxylation sites is 1. The molecule has 0 radical (unpaired) electrons. The summed E-state index contributed by atoms with van der Waals surface area (Å²) >= 11 is 0. The van der Waals surface area contributed by atoms with Crippen LogP contribution in [0.5, 0.6) is 5.75 Å². The molecule has 0 saturated heterocycles.